The van der Waals surface area contributed by atoms with E-state index in [1.165, 1.54) is 12.4 Å². The first kappa shape index (κ1) is 22.1. The van der Waals surface area contributed by atoms with Gasteiger partial charge in [0.15, 0.2) is 0 Å². The molecule has 8 nitrogen and oxygen atoms in total. The zero-order valence-electron chi connectivity index (χ0n) is 18.4. The minimum atomic E-state index is -0.00423. The number of piperidine rings is 1. The molecule has 1 aromatic heterocycles. The lowest BCUT2D eigenvalue weighted by Crippen LogP contribution is -2.39. The summed E-state index contributed by atoms with van der Waals surface area (Å²) in [5.74, 6) is 2.90. The molecule has 4 rings (SSSR count). The molecule has 3 aromatic rings. The fourth-order valence-corrected chi connectivity index (χ4v) is 3.95. The summed E-state index contributed by atoms with van der Waals surface area (Å²) in [5, 5.41) is 3.44. The molecule has 0 saturated carbocycles. The van der Waals surface area contributed by atoms with Gasteiger partial charge in [0, 0.05) is 31.4 Å². The predicted octanol–water partition coefficient (Wildman–Crippen LogP) is 3.94. The van der Waals surface area contributed by atoms with Crippen LogP contribution in [-0.2, 0) is 4.79 Å². The average molecular weight is 445 g/mol. The SMILES string of the molecule is C=CC(=O)N1CCC(CNc2ncnc(N)c2-c2ccc(Oc3cccc(N)c3)cc2)CC1. The minimum Gasteiger partial charge on any atom is -0.457 e. The minimum absolute atomic E-state index is 0.00423. The van der Waals surface area contributed by atoms with Crippen LogP contribution in [0.5, 0.6) is 11.5 Å². The van der Waals surface area contributed by atoms with Gasteiger partial charge < -0.3 is 26.4 Å². The van der Waals surface area contributed by atoms with Crippen LogP contribution in [0, 0.1) is 5.92 Å². The van der Waals surface area contributed by atoms with Crippen LogP contribution < -0.4 is 21.5 Å². The molecule has 2 heterocycles. The summed E-state index contributed by atoms with van der Waals surface area (Å²) in [4.78, 5) is 22.2. The number of anilines is 3. The Morgan fingerprint density at radius 2 is 1.88 bits per heavy atom. The van der Waals surface area contributed by atoms with Gasteiger partial charge in [0.1, 0.15) is 29.5 Å². The molecule has 0 bridgehead atoms. The van der Waals surface area contributed by atoms with E-state index in [2.05, 4.69) is 21.9 Å². The van der Waals surface area contributed by atoms with Crippen LogP contribution >= 0.6 is 0 Å². The molecule has 8 heteroatoms. The van der Waals surface area contributed by atoms with E-state index < -0.39 is 0 Å². The lowest BCUT2D eigenvalue weighted by atomic mass is 9.96. The van der Waals surface area contributed by atoms with Crippen molar-refractivity contribution in [1.29, 1.82) is 0 Å². The first-order valence-corrected chi connectivity index (χ1v) is 10.9. The summed E-state index contributed by atoms with van der Waals surface area (Å²) < 4.78 is 5.88. The number of rotatable bonds is 7. The number of likely N-dealkylation sites (tertiary alicyclic amines) is 1. The maximum Gasteiger partial charge on any atom is 0.245 e. The molecule has 2 aromatic carbocycles. The highest BCUT2D eigenvalue weighted by Crippen LogP contribution is 2.33. The number of benzene rings is 2. The fourth-order valence-electron chi connectivity index (χ4n) is 3.95. The van der Waals surface area contributed by atoms with E-state index in [0.717, 1.165) is 43.6 Å². The number of nitrogen functional groups attached to an aromatic ring is 2. The molecule has 0 aliphatic carbocycles. The van der Waals surface area contributed by atoms with Crippen molar-refractivity contribution < 1.29 is 9.53 Å². The number of nitrogens with zero attached hydrogens (tertiary/aromatic N) is 3. The zero-order valence-corrected chi connectivity index (χ0v) is 18.4. The Labute approximate surface area is 193 Å². The Balaban J connectivity index is 1.43. The van der Waals surface area contributed by atoms with Crippen molar-refractivity contribution in [2.24, 2.45) is 5.92 Å². The molecule has 5 N–H and O–H groups in total. The average Bonchev–Trinajstić information content (AvgIpc) is 2.83. The Morgan fingerprint density at radius 1 is 1.12 bits per heavy atom. The molecular weight excluding hydrogens is 416 g/mol. The lowest BCUT2D eigenvalue weighted by molar-refractivity contribution is -0.127. The fraction of sp³-hybridized carbons (Fsp3) is 0.240. The maximum absolute atomic E-state index is 11.8. The maximum atomic E-state index is 11.8. The van der Waals surface area contributed by atoms with Crippen molar-refractivity contribution in [3.05, 3.63) is 67.5 Å². The molecule has 1 fully saturated rings. The molecule has 0 unspecified atom stereocenters. The molecule has 33 heavy (non-hydrogen) atoms. The predicted molar refractivity (Wildman–Crippen MR) is 131 cm³/mol. The van der Waals surface area contributed by atoms with Crippen molar-refractivity contribution in [3.8, 4) is 22.6 Å². The number of nitrogens with one attached hydrogen (secondary N) is 1. The smallest absolute Gasteiger partial charge is 0.245 e. The number of nitrogens with two attached hydrogens (primary N) is 2. The largest absolute Gasteiger partial charge is 0.457 e. The van der Waals surface area contributed by atoms with Crippen LogP contribution in [0.25, 0.3) is 11.1 Å². The lowest BCUT2D eigenvalue weighted by Gasteiger charge is -2.31. The number of hydrogen-bond acceptors (Lipinski definition) is 7. The number of carbonyl (C=O) groups excluding carboxylic acids is 1. The third kappa shape index (κ3) is 5.41. The first-order chi connectivity index (χ1) is 16.0. The van der Waals surface area contributed by atoms with Gasteiger partial charge in [-0.2, -0.15) is 0 Å². The molecule has 1 aliphatic rings. The van der Waals surface area contributed by atoms with Crippen LogP contribution in [0.1, 0.15) is 12.8 Å². The van der Waals surface area contributed by atoms with Gasteiger partial charge >= 0.3 is 0 Å². The molecular formula is C25H28N6O2. The van der Waals surface area contributed by atoms with Gasteiger partial charge in [0.25, 0.3) is 0 Å². The topological polar surface area (TPSA) is 119 Å². The van der Waals surface area contributed by atoms with E-state index in [9.17, 15) is 4.79 Å². The summed E-state index contributed by atoms with van der Waals surface area (Å²) in [5.41, 5.74) is 14.3. The number of carbonyl (C=O) groups is 1. The van der Waals surface area contributed by atoms with Crippen LogP contribution in [0.3, 0.4) is 0 Å². The van der Waals surface area contributed by atoms with Crippen LogP contribution in [0.4, 0.5) is 17.3 Å². The quantitative estimate of drug-likeness (QED) is 0.373. The van der Waals surface area contributed by atoms with Crippen LogP contribution in [-0.4, -0.2) is 40.4 Å². The monoisotopic (exact) mass is 444 g/mol. The van der Waals surface area contributed by atoms with E-state index in [0.29, 0.717) is 34.7 Å². The highest BCUT2D eigenvalue weighted by atomic mass is 16.5. The Morgan fingerprint density at radius 3 is 2.58 bits per heavy atom. The van der Waals surface area contributed by atoms with E-state index >= 15 is 0 Å². The third-order valence-electron chi connectivity index (χ3n) is 5.77. The van der Waals surface area contributed by atoms with E-state index in [1.54, 1.807) is 6.07 Å². The van der Waals surface area contributed by atoms with E-state index in [4.69, 9.17) is 16.2 Å². The number of hydrogen-bond donors (Lipinski definition) is 3. The van der Waals surface area contributed by atoms with Gasteiger partial charge in [-0.3, -0.25) is 4.79 Å². The van der Waals surface area contributed by atoms with Crippen LogP contribution in [0.15, 0.2) is 67.5 Å². The van der Waals surface area contributed by atoms with Crippen molar-refractivity contribution in [1.82, 2.24) is 14.9 Å². The normalized spacial score (nSPS) is 14.0. The van der Waals surface area contributed by atoms with Gasteiger partial charge in [-0.25, -0.2) is 9.97 Å². The van der Waals surface area contributed by atoms with Gasteiger partial charge in [0.2, 0.25) is 5.91 Å². The third-order valence-corrected chi connectivity index (χ3v) is 5.77. The molecule has 0 radical (unpaired) electrons. The van der Waals surface area contributed by atoms with Crippen LogP contribution in [0.2, 0.25) is 0 Å². The summed E-state index contributed by atoms with van der Waals surface area (Å²) in [6, 6.07) is 14.9. The van der Waals surface area contributed by atoms with Gasteiger partial charge in [0.05, 0.1) is 5.56 Å². The molecule has 1 saturated heterocycles. The van der Waals surface area contributed by atoms with E-state index in [-0.39, 0.29) is 5.91 Å². The summed E-state index contributed by atoms with van der Waals surface area (Å²) >= 11 is 0. The van der Waals surface area contributed by atoms with Crippen molar-refractivity contribution >= 4 is 23.2 Å². The number of aromatic nitrogens is 2. The van der Waals surface area contributed by atoms with Crippen molar-refractivity contribution in [2.45, 2.75) is 12.8 Å². The van der Waals surface area contributed by atoms with Crippen molar-refractivity contribution in [3.63, 3.8) is 0 Å². The summed E-state index contributed by atoms with van der Waals surface area (Å²) in [6.45, 7) is 5.79. The Bertz CT molecular complexity index is 1120. The molecule has 0 spiro atoms. The van der Waals surface area contributed by atoms with Gasteiger partial charge in [-0.1, -0.05) is 24.8 Å². The second-order valence-electron chi connectivity index (χ2n) is 8.04. The molecule has 1 amide bonds. The number of amides is 1. The highest BCUT2D eigenvalue weighted by molar-refractivity contribution is 5.87. The second-order valence-corrected chi connectivity index (χ2v) is 8.04. The standard InChI is InChI=1S/C25H28N6O2/c1-2-22(32)31-12-10-17(11-13-31)15-28-25-23(24(27)29-16-30-25)18-6-8-20(9-7-18)33-21-5-3-4-19(26)14-21/h2-9,14,16-17H,1,10-13,15,26H2,(H3,27,28,29,30). The summed E-state index contributed by atoms with van der Waals surface area (Å²) in [7, 11) is 0. The van der Waals surface area contributed by atoms with Gasteiger partial charge in [-0.05, 0) is 54.7 Å². The zero-order chi connectivity index (χ0) is 23.2. The Kier molecular flexibility index (Phi) is 6.73. The number of ether oxygens (including phenoxy) is 1. The molecule has 170 valence electrons. The van der Waals surface area contributed by atoms with E-state index in [1.807, 2.05) is 47.4 Å². The molecule has 1 aliphatic heterocycles. The highest BCUT2D eigenvalue weighted by Gasteiger charge is 2.22. The first-order valence-electron chi connectivity index (χ1n) is 10.9. The summed E-state index contributed by atoms with van der Waals surface area (Å²) in [6.07, 6.45) is 4.70. The van der Waals surface area contributed by atoms with Crippen molar-refractivity contribution in [2.75, 3.05) is 36.4 Å². The van der Waals surface area contributed by atoms with Gasteiger partial charge in [-0.15, -0.1) is 0 Å². The second kappa shape index (κ2) is 10.0. The Hall–Kier alpha value is -4.07. The molecule has 0 atom stereocenters.